The maximum Gasteiger partial charge on any atom is 0.0537 e. The van der Waals surface area contributed by atoms with E-state index in [9.17, 15) is 0 Å². The Hall–Kier alpha value is -1.72. The van der Waals surface area contributed by atoms with Crippen molar-refractivity contribution in [1.29, 1.82) is 0 Å². The fourth-order valence-electron chi connectivity index (χ4n) is 2.07. The number of aryl methyl sites for hydroxylation is 1. The van der Waals surface area contributed by atoms with Gasteiger partial charge in [0.05, 0.1) is 6.20 Å². The average molecular weight is 259 g/mol. The first-order chi connectivity index (χ1) is 9.19. The van der Waals surface area contributed by atoms with E-state index in [1.54, 1.807) is 4.68 Å². The lowest BCUT2D eigenvalue weighted by Gasteiger charge is -2.23. The van der Waals surface area contributed by atoms with Crippen LogP contribution in [-0.2, 0) is 13.6 Å². The lowest BCUT2D eigenvalue weighted by atomic mass is 10.1. The molecule has 0 radical (unpaired) electrons. The Morgan fingerprint density at radius 3 is 2.68 bits per heavy atom. The Morgan fingerprint density at radius 1 is 1.37 bits per heavy atom. The summed E-state index contributed by atoms with van der Waals surface area (Å²) < 4.78 is 1.79. The number of nitrogens with zero attached hydrogens (tertiary/aromatic N) is 4. The SMILES string of the molecule is CCN(Cc1ccncc1)CC(N)c1cnn(C)c1. The molecule has 0 amide bonds. The van der Waals surface area contributed by atoms with Crippen LogP contribution in [0.15, 0.2) is 36.9 Å². The first-order valence-electron chi connectivity index (χ1n) is 6.54. The van der Waals surface area contributed by atoms with Crippen LogP contribution in [0.3, 0.4) is 0 Å². The zero-order chi connectivity index (χ0) is 13.7. The summed E-state index contributed by atoms with van der Waals surface area (Å²) in [6.07, 6.45) is 7.46. The summed E-state index contributed by atoms with van der Waals surface area (Å²) >= 11 is 0. The molecule has 1 unspecified atom stereocenters. The molecule has 102 valence electrons. The topological polar surface area (TPSA) is 60.0 Å². The summed E-state index contributed by atoms with van der Waals surface area (Å²) in [5.74, 6) is 0. The molecule has 0 aliphatic carbocycles. The van der Waals surface area contributed by atoms with Crippen molar-refractivity contribution in [3.63, 3.8) is 0 Å². The normalized spacial score (nSPS) is 12.8. The van der Waals surface area contributed by atoms with Crippen molar-refractivity contribution in [2.24, 2.45) is 12.8 Å². The van der Waals surface area contributed by atoms with Gasteiger partial charge in [-0.15, -0.1) is 0 Å². The van der Waals surface area contributed by atoms with Crippen molar-refractivity contribution in [1.82, 2.24) is 19.7 Å². The fourth-order valence-corrected chi connectivity index (χ4v) is 2.07. The Bertz CT molecular complexity index is 494. The summed E-state index contributed by atoms with van der Waals surface area (Å²) in [6.45, 7) is 4.84. The van der Waals surface area contributed by atoms with Gasteiger partial charge in [0.1, 0.15) is 0 Å². The minimum atomic E-state index is -0.00418. The number of hydrogen-bond donors (Lipinski definition) is 1. The molecular weight excluding hydrogens is 238 g/mol. The van der Waals surface area contributed by atoms with Crippen LogP contribution in [-0.4, -0.2) is 32.8 Å². The van der Waals surface area contributed by atoms with Crippen LogP contribution in [0.1, 0.15) is 24.1 Å². The number of rotatable bonds is 6. The molecule has 2 heterocycles. The third kappa shape index (κ3) is 3.87. The third-order valence-corrected chi connectivity index (χ3v) is 3.21. The second-order valence-electron chi connectivity index (χ2n) is 4.74. The van der Waals surface area contributed by atoms with Crippen molar-refractivity contribution < 1.29 is 0 Å². The largest absolute Gasteiger partial charge is 0.323 e. The van der Waals surface area contributed by atoms with E-state index in [4.69, 9.17) is 5.73 Å². The van der Waals surface area contributed by atoms with Crippen LogP contribution in [0.5, 0.6) is 0 Å². The smallest absolute Gasteiger partial charge is 0.0537 e. The molecule has 2 rings (SSSR count). The molecule has 0 bridgehead atoms. The number of hydrogen-bond acceptors (Lipinski definition) is 4. The van der Waals surface area contributed by atoms with Crippen molar-refractivity contribution in [2.45, 2.75) is 19.5 Å². The van der Waals surface area contributed by atoms with Crippen LogP contribution < -0.4 is 5.73 Å². The van der Waals surface area contributed by atoms with Gasteiger partial charge in [0.2, 0.25) is 0 Å². The van der Waals surface area contributed by atoms with Crippen molar-refractivity contribution >= 4 is 0 Å². The minimum absolute atomic E-state index is 0.00418. The van der Waals surface area contributed by atoms with E-state index in [0.29, 0.717) is 0 Å². The third-order valence-electron chi connectivity index (χ3n) is 3.21. The summed E-state index contributed by atoms with van der Waals surface area (Å²) in [7, 11) is 1.91. The molecule has 0 spiro atoms. The van der Waals surface area contributed by atoms with Gasteiger partial charge in [-0.25, -0.2) is 0 Å². The van der Waals surface area contributed by atoms with Crippen LogP contribution in [0.25, 0.3) is 0 Å². The highest BCUT2D eigenvalue weighted by Crippen LogP contribution is 2.12. The zero-order valence-corrected chi connectivity index (χ0v) is 11.5. The van der Waals surface area contributed by atoms with Crippen molar-refractivity contribution in [3.05, 3.63) is 48.0 Å². The van der Waals surface area contributed by atoms with E-state index in [-0.39, 0.29) is 6.04 Å². The molecular formula is C14H21N5. The Labute approximate surface area is 114 Å². The molecule has 5 heteroatoms. The lowest BCUT2D eigenvalue weighted by molar-refractivity contribution is 0.262. The molecule has 0 aliphatic rings. The molecule has 0 saturated carbocycles. The van der Waals surface area contributed by atoms with E-state index >= 15 is 0 Å². The van der Waals surface area contributed by atoms with Crippen LogP contribution in [0, 0.1) is 0 Å². The van der Waals surface area contributed by atoms with Gasteiger partial charge in [0.15, 0.2) is 0 Å². The Morgan fingerprint density at radius 2 is 2.11 bits per heavy atom. The van der Waals surface area contributed by atoms with Crippen LogP contribution in [0.2, 0.25) is 0 Å². The summed E-state index contributed by atoms with van der Waals surface area (Å²) in [4.78, 5) is 6.36. The first kappa shape index (κ1) is 13.7. The van der Waals surface area contributed by atoms with Gasteiger partial charge in [-0.1, -0.05) is 6.92 Å². The Kier molecular flexibility index (Phi) is 4.65. The lowest BCUT2D eigenvalue weighted by Crippen LogP contribution is -2.31. The molecule has 2 aromatic rings. The van der Waals surface area contributed by atoms with Gasteiger partial charge in [-0.05, 0) is 24.2 Å². The van der Waals surface area contributed by atoms with Crippen molar-refractivity contribution in [2.75, 3.05) is 13.1 Å². The molecule has 0 aliphatic heterocycles. The summed E-state index contributed by atoms with van der Waals surface area (Å²) in [5.41, 5.74) is 8.57. The predicted molar refractivity (Wildman–Crippen MR) is 75.3 cm³/mol. The summed E-state index contributed by atoms with van der Waals surface area (Å²) in [6, 6.07) is 4.08. The molecule has 0 aromatic carbocycles. The monoisotopic (exact) mass is 259 g/mol. The molecule has 2 N–H and O–H groups in total. The molecule has 5 nitrogen and oxygen atoms in total. The van der Waals surface area contributed by atoms with Crippen LogP contribution in [0.4, 0.5) is 0 Å². The molecule has 2 aromatic heterocycles. The average Bonchev–Trinajstić information content (AvgIpc) is 2.86. The van der Waals surface area contributed by atoms with E-state index in [0.717, 1.165) is 25.2 Å². The number of aromatic nitrogens is 3. The fraction of sp³-hybridized carbons (Fsp3) is 0.429. The van der Waals surface area contributed by atoms with Gasteiger partial charge in [-0.2, -0.15) is 5.10 Å². The first-order valence-corrected chi connectivity index (χ1v) is 6.54. The van der Waals surface area contributed by atoms with Crippen molar-refractivity contribution in [3.8, 4) is 0 Å². The molecule has 1 atom stereocenters. The van der Waals surface area contributed by atoms with Gasteiger partial charge in [0.25, 0.3) is 0 Å². The second-order valence-corrected chi connectivity index (χ2v) is 4.74. The minimum Gasteiger partial charge on any atom is -0.323 e. The quantitative estimate of drug-likeness (QED) is 0.850. The standard InChI is InChI=1S/C14H21N5/c1-3-19(9-12-4-6-16-7-5-12)11-14(15)13-8-17-18(2)10-13/h4-8,10,14H,3,9,11,15H2,1-2H3. The van der Waals surface area contributed by atoms with Crippen LogP contribution >= 0.6 is 0 Å². The highest BCUT2D eigenvalue weighted by atomic mass is 15.2. The highest BCUT2D eigenvalue weighted by Gasteiger charge is 2.13. The molecule has 0 saturated heterocycles. The van der Waals surface area contributed by atoms with Gasteiger partial charge in [0, 0.05) is 50.3 Å². The predicted octanol–water partition coefficient (Wildman–Crippen LogP) is 1.34. The Balaban J connectivity index is 1.95. The van der Waals surface area contributed by atoms with Gasteiger partial charge in [-0.3, -0.25) is 14.6 Å². The van der Waals surface area contributed by atoms with E-state index in [2.05, 4.69) is 21.9 Å². The highest BCUT2D eigenvalue weighted by molar-refractivity contribution is 5.12. The van der Waals surface area contributed by atoms with E-state index in [1.807, 2.05) is 44.0 Å². The second kappa shape index (κ2) is 6.45. The molecule has 19 heavy (non-hydrogen) atoms. The van der Waals surface area contributed by atoms with Gasteiger partial charge >= 0.3 is 0 Å². The number of nitrogens with two attached hydrogens (primary N) is 1. The van der Waals surface area contributed by atoms with E-state index in [1.165, 1.54) is 5.56 Å². The molecule has 0 fully saturated rings. The maximum absolute atomic E-state index is 6.23. The number of likely N-dealkylation sites (N-methyl/N-ethyl adjacent to an activating group) is 1. The summed E-state index contributed by atoms with van der Waals surface area (Å²) in [5, 5.41) is 4.16. The zero-order valence-electron chi connectivity index (χ0n) is 11.5. The van der Waals surface area contributed by atoms with Gasteiger partial charge < -0.3 is 5.73 Å². The number of pyridine rings is 1. The maximum atomic E-state index is 6.23. The van der Waals surface area contributed by atoms with E-state index < -0.39 is 0 Å².